The SMILES string of the molecule is O=c1[nH]c(Oc2cnn(CCCF)c2)nc2cnccc12. The Kier molecular flexibility index (Phi) is 3.59. The molecule has 0 aliphatic heterocycles. The van der Waals surface area contributed by atoms with Gasteiger partial charge in [0, 0.05) is 12.7 Å². The van der Waals surface area contributed by atoms with Crippen LogP contribution < -0.4 is 10.3 Å². The fourth-order valence-electron chi connectivity index (χ4n) is 1.87. The van der Waals surface area contributed by atoms with Crippen LogP contribution in [0.15, 0.2) is 35.6 Å². The number of halogens is 1. The van der Waals surface area contributed by atoms with Crippen molar-refractivity contribution >= 4 is 10.9 Å². The van der Waals surface area contributed by atoms with E-state index in [4.69, 9.17) is 4.74 Å². The Balaban J connectivity index is 1.84. The van der Waals surface area contributed by atoms with Gasteiger partial charge in [-0.05, 0) is 12.5 Å². The molecule has 0 bridgehead atoms. The Morgan fingerprint density at radius 1 is 1.38 bits per heavy atom. The number of nitrogens with zero attached hydrogens (tertiary/aromatic N) is 4. The van der Waals surface area contributed by atoms with Crippen molar-refractivity contribution in [3.8, 4) is 11.8 Å². The van der Waals surface area contributed by atoms with Crippen LogP contribution in [0, 0.1) is 0 Å². The molecule has 0 saturated carbocycles. The molecule has 108 valence electrons. The van der Waals surface area contributed by atoms with Crippen molar-refractivity contribution in [2.45, 2.75) is 13.0 Å². The lowest BCUT2D eigenvalue weighted by atomic mass is 10.3. The molecule has 0 amide bonds. The number of rotatable bonds is 5. The summed E-state index contributed by atoms with van der Waals surface area (Å²) in [6, 6.07) is 1.64. The second-order valence-corrected chi connectivity index (χ2v) is 4.35. The minimum Gasteiger partial charge on any atom is -0.422 e. The number of H-pyrrole nitrogens is 1. The van der Waals surface area contributed by atoms with Crippen molar-refractivity contribution in [1.29, 1.82) is 0 Å². The average Bonchev–Trinajstić information content (AvgIpc) is 2.92. The molecule has 3 aromatic rings. The number of hydrogen-bond acceptors (Lipinski definition) is 5. The molecule has 0 radical (unpaired) electrons. The van der Waals surface area contributed by atoms with Gasteiger partial charge in [0.2, 0.25) is 0 Å². The first-order valence-corrected chi connectivity index (χ1v) is 6.36. The minimum atomic E-state index is -0.400. The lowest BCUT2D eigenvalue weighted by Crippen LogP contribution is -2.09. The highest BCUT2D eigenvalue weighted by molar-refractivity contribution is 5.76. The molecule has 0 fully saturated rings. The van der Waals surface area contributed by atoms with Crippen LogP contribution in [0.2, 0.25) is 0 Å². The second kappa shape index (κ2) is 5.70. The summed E-state index contributed by atoms with van der Waals surface area (Å²) in [4.78, 5) is 22.5. The molecule has 0 unspecified atom stereocenters. The van der Waals surface area contributed by atoms with E-state index in [0.29, 0.717) is 29.6 Å². The molecular formula is C13H12FN5O2. The average molecular weight is 289 g/mol. The molecule has 3 heterocycles. The molecule has 3 aromatic heterocycles. The first-order valence-electron chi connectivity index (χ1n) is 6.36. The first kappa shape index (κ1) is 13.2. The lowest BCUT2D eigenvalue weighted by Gasteiger charge is -2.02. The van der Waals surface area contributed by atoms with Gasteiger partial charge in [0.15, 0.2) is 5.75 Å². The highest BCUT2D eigenvalue weighted by Gasteiger charge is 2.07. The van der Waals surface area contributed by atoms with Gasteiger partial charge in [-0.25, -0.2) is 0 Å². The van der Waals surface area contributed by atoms with Crippen molar-refractivity contribution in [2.24, 2.45) is 0 Å². The first-order chi connectivity index (χ1) is 10.3. The maximum Gasteiger partial charge on any atom is 0.302 e. The predicted octanol–water partition coefficient (Wildman–Crippen LogP) is 1.67. The molecular weight excluding hydrogens is 277 g/mol. The third-order valence-electron chi connectivity index (χ3n) is 2.83. The lowest BCUT2D eigenvalue weighted by molar-refractivity contribution is 0.428. The van der Waals surface area contributed by atoms with Gasteiger partial charge in [-0.2, -0.15) is 10.1 Å². The molecule has 0 atom stereocenters. The summed E-state index contributed by atoms with van der Waals surface area (Å²) in [5, 5.41) is 4.47. The summed E-state index contributed by atoms with van der Waals surface area (Å²) in [7, 11) is 0. The summed E-state index contributed by atoms with van der Waals surface area (Å²) >= 11 is 0. The van der Waals surface area contributed by atoms with Gasteiger partial charge in [-0.1, -0.05) is 0 Å². The van der Waals surface area contributed by atoms with Crippen molar-refractivity contribution in [3.63, 3.8) is 0 Å². The van der Waals surface area contributed by atoms with E-state index < -0.39 is 6.67 Å². The zero-order chi connectivity index (χ0) is 14.7. The van der Waals surface area contributed by atoms with E-state index in [-0.39, 0.29) is 11.6 Å². The number of nitrogens with one attached hydrogen (secondary N) is 1. The van der Waals surface area contributed by atoms with Crippen LogP contribution in [0.4, 0.5) is 4.39 Å². The van der Waals surface area contributed by atoms with Gasteiger partial charge in [0.05, 0.1) is 36.2 Å². The van der Waals surface area contributed by atoms with Crippen molar-refractivity contribution in [3.05, 3.63) is 41.2 Å². The van der Waals surface area contributed by atoms with Crippen LogP contribution in [-0.4, -0.2) is 31.4 Å². The van der Waals surface area contributed by atoms with Gasteiger partial charge < -0.3 is 4.74 Å². The summed E-state index contributed by atoms with van der Waals surface area (Å²) < 4.78 is 19.1. The van der Waals surface area contributed by atoms with E-state index >= 15 is 0 Å². The summed E-state index contributed by atoms with van der Waals surface area (Å²) in [5.41, 5.74) is 0.142. The molecule has 8 heteroatoms. The Labute approximate surface area is 118 Å². The van der Waals surface area contributed by atoms with Gasteiger partial charge in [-0.3, -0.25) is 23.8 Å². The van der Waals surface area contributed by atoms with Crippen molar-refractivity contribution in [1.82, 2.24) is 24.7 Å². The maximum absolute atomic E-state index is 12.1. The standard InChI is InChI=1S/C13H12FN5O2/c14-3-1-5-19-8-9(6-16-19)21-13-17-11-7-15-4-2-10(11)12(20)18-13/h2,4,6-8H,1,3,5H2,(H,17,18,20). The molecule has 21 heavy (non-hydrogen) atoms. The molecule has 7 nitrogen and oxygen atoms in total. The van der Waals surface area contributed by atoms with Crippen LogP contribution in [0.5, 0.6) is 11.8 Å². The molecule has 0 aliphatic carbocycles. The zero-order valence-corrected chi connectivity index (χ0v) is 11.0. The Bertz CT molecular complexity index is 813. The Morgan fingerprint density at radius 3 is 3.14 bits per heavy atom. The van der Waals surface area contributed by atoms with Gasteiger partial charge in [0.1, 0.15) is 0 Å². The number of pyridine rings is 1. The van der Waals surface area contributed by atoms with Gasteiger partial charge in [0.25, 0.3) is 5.56 Å². The van der Waals surface area contributed by atoms with E-state index in [0.717, 1.165) is 0 Å². The van der Waals surface area contributed by atoms with Gasteiger partial charge in [-0.15, -0.1) is 0 Å². The largest absolute Gasteiger partial charge is 0.422 e. The van der Waals surface area contributed by atoms with E-state index in [1.54, 1.807) is 16.9 Å². The normalized spacial score (nSPS) is 10.9. The molecule has 0 aliphatic rings. The van der Waals surface area contributed by atoms with Gasteiger partial charge >= 0.3 is 6.01 Å². The summed E-state index contributed by atoms with van der Waals surface area (Å²) in [5.74, 6) is 0.417. The van der Waals surface area contributed by atoms with Crippen molar-refractivity contribution < 1.29 is 9.13 Å². The quantitative estimate of drug-likeness (QED) is 0.772. The number of aryl methyl sites for hydroxylation is 1. The number of fused-ring (bicyclic) bond motifs is 1. The fourth-order valence-corrected chi connectivity index (χ4v) is 1.87. The number of alkyl halides is 1. The highest BCUT2D eigenvalue weighted by atomic mass is 19.1. The molecule has 0 aromatic carbocycles. The van der Waals surface area contributed by atoms with Crippen LogP contribution in [0.1, 0.15) is 6.42 Å². The van der Waals surface area contributed by atoms with Crippen LogP contribution in [0.25, 0.3) is 10.9 Å². The third-order valence-corrected chi connectivity index (χ3v) is 2.83. The fraction of sp³-hybridized carbons (Fsp3) is 0.231. The van der Waals surface area contributed by atoms with Crippen molar-refractivity contribution in [2.75, 3.05) is 6.67 Å². The van der Waals surface area contributed by atoms with Crippen LogP contribution in [0.3, 0.4) is 0 Å². The van der Waals surface area contributed by atoms with Crippen LogP contribution >= 0.6 is 0 Å². The zero-order valence-electron chi connectivity index (χ0n) is 11.0. The van der Waals surface area contributed by atoms with E-state index in [1.807, 2.05) is 0 Å². The van der Waals surface area contributed by atoms with E-state index in [2.05, 4.69) is 20.1 Å². The number of hydrogen-bond donors (Lipinski definition) is 1. The molecule has 0 spiro atoms. The highest BCUT2D eigenvalue weighted by Crippen LogP contribution is 2.17. The van der Waals surface area contributed by atoms with E-state index in [9.17, 15) is 9.18 Å². The number of ether oxygens (including phenoxy) is 1. The molecule has 3 rings (SSSR count). The minimum absolute atomic E-state index is 0.0607. The van der Waals surface area contributed by atoms with E-state index in [1.165, 1.54) is 18.6 Å². The topological polar surface area (TPSA) is 85.7 Å². The summed E-state index contributed by atoms with van der Waals surface area (Å²) in [6.07, 6.45) is 6.49. The smallest absolute Gasteiger partial charge is 0.302 e. The monoisotopic (exact) mass is 289 g/mol. The molecule has 1 N–H and O–H groups in total. The maximum atomic E-state index is 12.1. The number of aromatic nitrogens is 5. The summed E-state index contributed by atoms with van der Waals surface area (Å²) in [6.45, 7) is 0.0635. The predicted molar refractivity (Wildman–Crippen MR) is 73.1 cm³/mol. The second-order valence-electron chi connectivity index (χ2n) is 4.35. The molecule has 0 saturated heterocycles. The van der Waals surface area contributed by atoms with Crippen LogP contribution in [-0.2, 0) is 6.54 Å². The third kappa shape index (κ3) is 2.88. The number of aromatic amines is 1. The Morgan fingerprint density at radius 2 is 2.29 bits per heavy atom. The Hall–Kier alpha value is -2.77.